The number of hydrogen-bond acceptors (Lipinski definition) is 4. The molecule has 1 spiro atoms. The summed E-state index contributed by atoms with van der Waals surface area (Å²) >= 11 is 5.96. The van der Waals surface area contributed by atoms with Crippen molar-refractivity contribution in [2.24, 2.45) is 5.41 Å². The van der Waals surface area contributed by atoms with Gasteiger partial charge in [-0.2, -0.15) is 0 Å². The van der Waals surface area contributed by atoms with E-state index in [0.717, 1.165) is 12.5 Å². The number of carbonyl (C=O) groups excluding carboxylic acids is 2. The van der Waals surface area contributed by atoms with Gasteiger partial charge in [0.25, 0.3) is 12.4 Å². The van der Waals surface area contributed by atoms with E-state index >= 15 is 0 Å². The highest BCUT2D eigenvalue weighted by Crippen LogP contribution is 2.38. The van der Waals surface area contributed by atoms with Gasteiger partial charge in [0, 0.05) is 19.6 Å². The normalized spacial score (nSPS) is 25.1. The molecule has 2 amide bonds. The second-order valence-corrected chi connectivity index (χ2v) is 6.68. The number of benzene rings is 1. The van der Waals surface area contributed by atoms with E-state index < -0.39 is 17.3 Å². The van der Waals surface area contributed by atoms with Crippen LogP contribution >= 0.6 is 11.6 Å². The number of carboxylic acid groups (broad SMARTS) is 1. The van der Waals surface area contributed by atoms with Crippen LogP contribution in [0.25, 0.3) is 0 Å². The molecule has 26 heavy (non-hydrogen) atoms. The van der Waals surface area contributed by atoms with Crippen LogP contribution in [0.4, 0.5) is 4.39 Å². The number of carbonyl (C=O) groups is 3. The molecule has 2 aliphatic heterocycles. The van der Waals surface area contributed by atoms with Crippen LogP contribution in [0.2, 0.25) is 5.02 Å². The molecular formula is C17H20ClFN2O5. The Bertz CT molecular complexity index is 702. The van der Waals surface area contributed by atoms with Gasteiger partial charge in [0.15, 0.2) is 0 Å². The van der Waals surface area contributed by atoms with Crippen LogP contribution in [0, 0.1) is 11.2 Å². The van der Waals surface area contributed by atoms with E-state index in [9.17, 15) is 19.1 Å². The summed E-state index contributed by atoms with van der Waals surface area (Å²) in [4.78, 5) is 34.9. The fraction of sp³-hybridized carbons (Fsp3) is 0.471. The van der Waals surface area contributed by atoms with Crippen LogP contribution in [0.5, 0.6) is 0 Å². The number of rotatable bonds is 1. The number of nitrogens with one attached hydrogen (secondary N) is 1. The second kappa shape index (κ2) is 8.46. The Hall–Kier alpha value is -2.19. The highest BCUT2D eigenvalue weighted by Gasteiger charge is 2.50. The number of hydrogen-bond donors (Lipinski definition) is 3. The number of halogens is 2. The standard InChI is InChI=1S/C16H18ClFN2O3.CH2O2/c17-12-8-10(18)2-3-11(12)14(22)20-7-4-13(21)16(9-20)5-1-6-19-15(16)23;2-1-3/h2-3,8,13,21H,1,4-7,9H2,(H,19,23);1H,(H,2,3)/t13-,16+;/m0./s1. The smallest absolute Gasteiger partial charge is 0.290 e. The lowest BCUT2D eigenvalue weighted by Gasteiger charge is -2.46. The Balaban J connectivity index is 0.000000758. The Morgan fingerprint density at radius 3 is 2.77 bits per heavy atom. The van der Waals surface area contributed by atoms with Crippen molar-refractivity contribution >= 4 is 29.9 Å². The molecule has 2 fully saturated rings. The first-order chi connectivity index (χ1) is 12.4. The first-order valence-corrected chi connectivity index (χ1v) is 8.52. The summed E-state index contributed by atoms with van der Waals surface area (Å²) in [6, 6.07) is 3.62. The minimum Gasteiger partial charge on any atom is -0.483 e. The Morgan fingerprint density at radius 2 is 2.15 bits per heavy atom. The van der Waals surface area contributed by atoms with Gasteiger partial charge in [-0.1, -0.05) is 11.6 Å². The number of aliphatic hydroxyl groups is 1. The SMILES string of the molecule is O=C(c1ccc(F)cc1Cl)N1CC[C@H](O)[C@@]2(CCCNC2=O)C1.O=CO. The maximum Gasteiger partial charge on any atom is 0.290 e. The van der Waals surface area contributed by atoms with E-state index in [1.54, 1.807) is 0 Å². The molecule has 0 aromatic heterocycles. The van der Waals surface area contributed by atoms with Crippen LogP contribution in [0.3, 0.4) is 0 Å². The van der Waals surface area contributed by atoms with Crippen LogP contribution < -0.4 is 5.32 Å². The van der Waals surface area contributed by atoms with Crippen molar-refractivity contribution < 1.29 is 29.0 Å². The van der Waals surface area contributed by atoms with E-state index in [-0.39, 0.29) is 35.4 Å². The van der Waals surface area contributed by atoms with Crippen molar-refractivity contribution in [3.05, 3.63) is 34.6 Å². The van der Waals surface area contributed by atoms with Gasteiger partial charge < -0.3 is 20.4 Å². The molecule has 142 valence electrons. The summed E-state index contributed by atoms with van der Waals surface area (Å²) in [6.07, 6.45) is 0.872. The van der Waals surface area contributed by atoms with Crippen LogP contribution in [0.1, 0.15) is 29.6 Å². The number of aliphatic hydroxyl groups excluding tert-OH is 1. The van der Waals surface area contributed by atoms with Crippen molar-refractivity contribution in [1.29, 1.82) is 0 Å². The molecule has 0 unspecified atom stereocenters. The third-order valence-corrected chi connectivity index (χ3v) is 5.08. The molecular weight excluding hydrogens is 367 g/mol. The molecule has 0 radical (unpaired) electrons. The fourth-order valence-corrected chi connectivity index (χ4v) is 3.70. The Labute approximate surface area is 154 Å². The van der Waals surface area contributed by atoms with E-state index in [0.29, 0.717) is 25.9 Å². The third-order valence-electron chi connectivity index (χ3n) is 4.77. The van der Waals surface area contributed by atoms with Gasteiger partial charge in [0.05, 0.1) is 22.1 Å². The molecule has 3 N–H and O–H groups in total. The van der Waals surface area contributed by atoms with Gasteiger partial charge in [-0.3, -0.25) is 14.4 Å². The zero-order valence-electron chi connectivity index (χ0n) is 14.0. The molecule has 2 aliphatic rings. The van der Waals surface area contributed by atoms with Crippen molar-refractivity contribution in [2.45, 2.75) is 25.4 Å². The highest BCUT2D eigenvalue weighted by molar-refractivity contribution is 6.33. The quantitative estimate of drug-likeness (QED) is 0.630. The third kappa shape index (κ3) is 3.96. The lowest BCUT2D eigenvalue weighted by Crippen LogP contribution is -2.62. The van der Waals surface area contributed by atoms with Crippen molar-refractivity contribution in [1.82, 2.24) is 10.2 Å². The molecule has 2 heterocycles. The number of amides is 2. The predicted molar refractivity (Wildman–Crippen MR) is 91.3 cm³/mol. The molecule has 0 bridgehead atoms. The predicted octanol–water partition coefficient (Wildman–Crippen LogP) is 1.28. The Kier molecular flexibility index (Phi) is 6.55. The van der Waals surface area contributed by atoms with Crippen molar-refractivity contribution in [3.63, 3.8) is 0 Å². The van der Waals surface area contributed by atoms with E-state index in [4.69, 9.17) is 21.5 Å². The average Bonchev–Trinajstić information content (AvgIpc) is 2.60. The number of nitrogens with zero attached hydrogens (tertiary/aromatic N) is 1. The molecule has 0 aliphatic carbocycles. The number of likely N-dealkylation sites (tertiary alicyclic amines) is 1. The first-order valence-electron chi connectivity index (χ1n) is 8.14. The summed E-state index contributed by atoms with van der Waals surface area (Å²) in [5.41, 5.74) is -0.755. The van der Waals surface area contributed by atoms with Crippen LogP contribution in [-0.4, -0.2) is 59.1 Å². The first kappa shape index (κ1) is 20.1. The maximum atomic E-state index is 13.1. The summed E-state index contributed by atoms with van der Waals surface area (Å²) in [5, 5.41) is 20.1. The molecule has 2 atom stereocenters. The highest BCUT2D eigenvalue weighted by atomic mass is 35.5. The van der Waals surface area contributed by atoms with Crippen molar-refractivity contribution in [2.75, 3.05) is 19.6 Å². The van der Waals surface area contributed by atoms with Gasteiger partial charge in [0.1, 0.15) is 5.82 Å². The largest absolute Gasteiger partial charge is 0.483 e. The zero-order valence-corrected chi connectivity index (χ0v) is 14.7. The molecule has 1 aromatic rings. The van der Waals surface area contributed by atoms with Crippen molar-refractivity contribution in [3.8, 4) is 0 Å². The van der Waals surface area contributed by atoms with Crippen LogP contribution in [0.15, 0.2) is 18.2 Å². The van der Waals surface area contributed by atoms with E-state index in [2.05, 4.69) is 5.32 Å². The molecule has 0 saturated carbocycles. The molecule has 1 aromatic carbocycles. The van der Waals surface area contributed by atoms with Crippen LogP contribution in [-0.2, 0) is 9.59 Å². The summed E-state index contributed by atoms with van der Waals surface area (Å²) in [6.45, 7) is 0.820. The summed E-state index contributed by atoms with van der Waals surface area (Å²) in [7, 11) is 0. The zero-order chi connectivity index (χ0) is 19.3. The number of piperidine rings is 2. The monoisotopic (exact) mass is 386 g/mol. The van der Waals surface area contributed by atoms with Gasteiger partial charge in [-0.25, -0.2) is 4.39 Å². The molecule has 7 nitrogen and oxygen atoms in total. The Morgan fingerprint density at radius 1 is 1.46 bits per heavy atom. The van der Waals surface area contributed by atoms with E-state index in [1.165, 1.54) is 17.0 Å². The molecule has 9 heteroatoms. The summed E-state index contributed by atoms with van der Waals surface area (Å²) < 4.78 is 13.1. The molecule has 3 rings (SSSR count). The topological polar surface area (TPSA) is 107 Å². The second-order valence-electron chi connectivity index (χ2n) is 6.28. The van der Waals surface area contributed by atoms with Gasteiger partial charge in [-0.05, 0) is 37.5 Å². The van der Waals surface area contributed by atoms with E-state index in [1.807, 2.05) is 0 Å². The lowest BCUT2D eigenvalue weighted by atomic mass is 9.71. The minimum atomic E-state index is -0.960. The maximum absolute atomic E-state index is 13.1. The average molecular weight is 387 g/mol. The fourth-order valence-electron chi connectivity index (χ4n) is 3.45. The van der Waals surface area contributed by atoms with Gasteiger partial charge in [-0.15, -0.1) is 0 Å². The van der Waals surface area contributed by atoms with Gasteiger partial charge >= 0.3 is 0 Å². The minimum absolute atomic E-state index is 0.0447. The summed E-state index contributed by atoms with van der Waals surface area (Å²) in [5.74, 6) is -1.07. The lowest BCUT2D eigenvalue weighted by molar-refractivity contribution is -0.147. The van der Waals surface area contributed by atoms with Gasteiger partial charge in [0.2, 0.25) is 5.91 Å². The molecule has 2 saturated heterocycles.